The van der Waals surface area contributed by atoms with Crippen LogP contribution in [0.3, 0.4) is 0 Å². The van der Waals surface area contributed by atoms with Crippen molar-refractivity contribution in [2.75, 3.05) is 5.43 Å². The predicted molar refractivity (Wildman–Crippen MR) is 77.3 cm³/mol. The summed E-state index contributed by atoms with van der Waals surface area (Å²) in [7, 11) is -3.71. The van der Waals surface area contributed by atoms with Crippen LogP contribution >= 0.6 is 27.5 Å². The summed E-state index contributed by atoms with van der Waals surface area (Å²) in [5.41, 5.74) is 3.23. The van der Waals surface area contributed by atoms with Gasteiger partial charge < -0.3 is 5.43 Å². The Morgan fingerprint density at radius 3 is 2.53 bits per heavy atom. The maximum atomic E-state index is 12.0. The highest BCUT2D eigenvalue weighted by molar-refractivity contribution is 9.10. The Labute approximate surface area is 124 Å². The molecule has 2 N–H and O–H groups in total. The number of halogens is 2. The molecule has 2 rings (SSSR count). The second kappa shape index (κ2) is 5.87. The lowest BCUT2D eigenvalue weighted by atomic mass is 10.3. The highest BCUT2D eigenvalue weighted by Gasteiger charge is 2.15. The minimum absolute atomic E-state index is 0.00667. The van der Waals surface area contributed by atoms with Gasteiger partial charge in [-0.1, -0.05) is 29.8 Å². The molecule has 1 aromatic carbocycles. The predicted octanol–water partition coefficient (Wildman–Crippen LogP) is 2.80. The second-order valence-electron chi connectivity index (χ2n) is 3.54. The Balaban J connectivity index is 2.16. The molecule has 0 bridgehead atoms. The zero-order chi connectivity index (χ0) is 13.9. The molecule has 1 heterocycles. The molecule has 0 radical (unpaired) electrons. The van der Waals surface area contributed by atoms with Crippen LogP contribution in [-0.2, 0) is 10.0 Å². The van der Waals surface area contributed by atoms with Crippen LogP contribution in [0.1, 0.15) is 0 Å². The van der Waals surface area contributed by atoms with E-state index in [1.54, 1.807) is 24.3 Å². The lowest BCUT2D eigenvalue weighted by Gasteiger charge is -2.09. The fraction of sp³-hybridized carbons (Fsp3) is 0. The Kier molecular flexibility index (Phi) is 4.41. The Morgan fingerprint density at radius 2 is 1.89 bits per heavy atom. The van der Waals surface area contributed by atoms with Crippen molar-refractivity contribution in [3.63, 3.8) is 0 Å². The Morgan fingerprint density at radius 1 is 1.21 bits per heavy atom. The van der Waals surface area contributed by atoms with E-state index >= 15 is 0 Å². The standard InChI is InChI=1S/C11H9BrClN3O2S/c12-10-6-9(7-14-11(10)13)19(17,18)16-15-8-4-2-1-3-5-8/h1-7,15-16H. The zero-order valence-electron chi connectivity index (χ0n) is 9.47. The first-order valence-electron chi connectivity index (χ1n) is 5.13. The lowest BCUT2D eigenvalue weighted by Crippen LogP contribution is -2.29. The van der Waals surface area contributed by atoms with Gasteiger partial charge in [0.15, 0.2) is 0 Å². The average molecular weight is 363 g/mol. The van der Waals surface area contributed by atoms with E-state index in [1.807, 2.05) is 6.07 Å². The molecule has 0 aliphatic carbocycles. The summed E-state index contributed by atoms with van der Waals surface area (Å²) in [4.78, 5) is 6.03. The Bertz CT molecular complexity index is 680. The summed E-state index contributed by atoms with van der Waals surface area (Å²) in [6, 6.07) is 10.3. The number of rotatable bonds is 4. The minimum atomic E-state index is -3.71. The molecule has 0 aliphatic heterocycles. The number of hydrogen-bond acceptors (Lipinski definition) is 4. The maximum absolute atomic E-state index is 12.0. The van der Waals surface area contributed by atoms with E-state index in [0.29, 0.717) is 10.2 Å². The van der Waals surface area contributed by atoms with E-state index in [2.05, 4.69) is 31.2 Å². The number of nitrogens with zero attached hydrogens (tertiary/aromatic N) is 1. The normalized spacial score (nSPS) is 11.3. The summed E-state index contributed by atoms with van der Waals surface area (Å²) >= 11 is 8.84. The first kappa shape index (κ1) is 14.3. The van der Waals surface area contributed by atoms with E-state index in [9.17, 15) is 8.42 Å². The first-order valence-corrected chi connectivity index (χ1v) is 7.78. The summed E-state index contributed by atoms with van der Waals surface area (Å²) in [6.45, 7) is 0. The average Bonchev–Trinajstić information content (AvgIpc) is 2.41. The van der Waals surface area contributed by atoms with E-state index in [4.69, 9.17) is 11.6 Å². The van der Waals surface area contributed by atoms with Gasteiger partial charge in [-0.3, -0.25) is 0 Å². The van der Waals surface area contributed by atoms with Crippen LogP contribution in [-0.4, -0.2) is 13.4 Å². The van der Waals surface area contributed by atoms with Crippen LogP contribution in [0.15, 0.2) is 52.0 Å². The van der Waals surface area contributed by atoms with E-state index in [-0.39, 0.29) is 10.0 Å². The van der Waals surface area contributed by atoms with Gasteiger partial charge in [-0.2, -0.15) is 0 Å². The molecule has 5 nitrogen and oxygen atoms in total. The van der Waals surface area contributed by atoms with Crippen LogP contribution in [0.5, 0.6) is 0 Å². The van der Waals surface area contributed by atoms with Gasteiger partial charge in [-0.25, -0.2) is 13.4 Å². The minimum Gasteiger partial charge on any atom is -0.308 e. The van der Waals surface area contributed by atoms with Crippen LogP contribution in [0.25, 0.3) is 0 Å². The van der Waals surface area contributed by atoms with E-state index < -0.39 is 10.0 Å². The first-order chi connectivity index (χ1) is 8.99. The number of hydrogen-bond donors (Lipinski definition) is 2. The molecule has 0 atom stereocenters. The highest BCUT2D eigenvalue weighted by atomic mass is 79.9. The molecule has 0 saturated heterocycles. The molecule has 0 unspecified atom stereocenters. The van der Waals surface area contributed by atoms with Crippen LogP contribution < -0.4 is 10.3 Å². The van der Waals surface area contributed by atoms with Gasteiger partial charge in [-0.15, -0.1) is 4.83 Å². The van der Waals surface area contributed by atoms with Gasteiger partial charge in [-0.05, 0) is 34.1 Å². The SMILES string of the molecule is O=S(=O)(NNc1ccccc1)c1cnc(Cl)c(Br)c1. The molecular weight excluding hydrogens is 354 g/mol. The van der Waals surface area contributed by atoms with Gasteiger partial charge in [0.05, 0.1) is 4.47 Å². The summed E-state index contributed by atoms with van der Waals surface area (Å²) in [5, 5.41) is 0.204. The smallest absolute Gasteiger partial charge is 0.258 e. The van der Waals surface area contributed by atoms with Gasteiger partial charge in [0, 0.05) is 11.9 Å². The van der Waals surface area contributed by atoms with Crippen molar-refractivity contribution in [2.24, 2.45) is 0 Å². The maximum Gasteiger partial charge on any atom is 0.258 e. The molecule has 0 spiro atoms. The van der Waals surface area contributed by atoms with Gasteiger partial charge in [0.1, 0.15) is 10.0 Å². The number of sulfonamides is 1. The van der Waals surface area contributed by atoms with Crippen LogP contribution in [0.2, 0.25) is 5.15 Å². The number of pyridine rings is 1. The number of nitrogens with one attached hydrogen (secondary N) is 2. The fourth-order valence-electron chi connectivity index (χ4n) is 1.26. The van der Waals surface area contributed by atoms with Crippen molar-refractivity contribution in [1.29, 1.82) is 0 Å². The van der Waals surface area contributed by atoms with Crippen molar-refractivity contribution >= 4 is 43.2 Å². The molecular formula is C11H9BrClN3O2S. The Hall–Kier alpha value is -1.15. The molecule has 2 aromatic rings. The molecule has 0 fully saturated rings. The number of hydrazine groups is 1. The molecule has 0 amide bonds. The number of aromatic nitrogens is 1. The topological polar surface area (TPSA) is 71.1 Å². The third kappa shape index (κ3) is 3.66. The quantitative estimate of drug-likeness (QED) is 0.648. The van der Waals surface area contributed by atoms with Gasteiger partial charge in [0.25, 0.3) is 10.0 Å². The number of anilines is 1. The molecule has 100 valence electrons. The number of benzene rings is 1. The van der Waals surface area contributed by atoms with E-state index in [1.165, 1.54) is 12.3 Å². The van der Waals surface area contributed by atoms with Crippen molar-refractivity contribution in [3.05, 3.63) is 52.2 Å². The summed E-state index contributed by atoms with van der Waals surface area (Å²) in [5.74, 6) is 0. The van der Waals surface area contributed by atoms with Crippen LogP contribution in [0, 0.1) is 0 Å². The molecule has 8 heteroatoms. The highest BCUT2D eigenvalue weighted by Crippen LogP contribution is 2.22. The summed E-state index contributed by atoms with van der Waals surface area (Å²) in [6.07, 6.45) is 1.18. The van der Waals surface area contributed by atoms with Crippen molar-refractivity contribution in [3.8, 4) is 0 Å². The third-order valence-corrected chi connectivity index (χ3v) is 4.53. The largest absolute Gasteiger partial charge is 0.308 e. The lowest BCUT2D eigenvalue weighted by molar-refractivity contribution is 0.587. The number of para-hydroxylation sites is 1. The fourth-order valence-corrected chi connectivity index (χ4v) is 2.70. The van der Waals surface area contributed by atoms with Crippen LogP contribution in [0.4, 0.5) is 5.69 Å². The van der Waals surface area contributed by atoms with Gasteiger partial charge >= 0.3 is 0 Å². The summed E-state index contributed by atoms with van der Waals surface area (Å²) < 4.78 is 24.4. The molecule has 0 aliphatic rings. The zero-order valence-corrected chi connectivity index (χ0v) is 12.6. The molecule has 1 aromatic heterocycles. The monoisotopic (exact) mass is 361 g/mol. The van der Waals surface area contributed by atoms with Gasteiger partial charge in [0.2, 0.25) is 0 Å². The van der Waals surface area contributed by atoms with Crippen molar-refractivity contribution in [2.45, 2.75) is 4.90 Å². The third-order valence-electron chi connectivity index (χ3n) is 2.19. The van der Waals surface area contributed by atoms with Crippen molar-refractivity contribution < 1.29 is 8.42 Å². The molecule has 19 heavy (non-hydrogen) atoms. The second-order valence-corrected chi connectivity index (χ2v) is 6.43. The molecule has 0 saturated carbocycles. The van der Waals surface area contributed by atoms with Crippen molar-refractivity contribution in [1.82, 2.24) is 9.82 Å². The van der Waals surface area contributed by atoms with E-state index in [0.717, 1.165) is 0 Å².